The van der Waals surface area contributed by atoms with Gasteiger partial charge in [-0.15, -0.1) is 0 Å². The number of hydrogen-bond donors (Lipinski definition) is 1. The number of carbonyl (C=O) groups excluding carboxylic acids is 1. The summed E-state index contributed by atoms with van der Waals surface area (Å²) in [7, 11) is 1.87. The van der Waals surface area contributed by atoms with Gasteiger partial charge in [-0.25, -0.2) is 0 Å². The monoisotopic (exact) mass is 329 g/mol. The van der Waals surface area contributed by atoms with Crippen LogP contribution in [0.15, 0.2) is 24.3 Å². The van der Waals surface area contributed by atoms with E-state index in [0.29, 0.717) is 30.3 Å². The Balaban J connectivity index is 1.52. The summed E-state index contributed by atoms with van der Waals surface area (Å²) in [4.78, 5) is 14.6. The lowest BCUT2D eigenvalue weighted by Gasteiger charge is -2.33. The van der Waals surface area contributed by atoms with Gasteiger partial charge < -0.3 is 19.5 Å². The summed E-state index contributed by atoms with van der Waals surface area (Å²) >= 11 is 0. The van der Waals surface area contributed by atoms with Crippen LogP contribution in [0.3, 0.4) is 0 Å². The molecule has 4 rings (SSSR count). The summed E-state index contributed by atoms with van der Waals surface area (Å²) in [5.41, 5.74) is 2.65. The Labute approximate surface area is 139 Å². The molecular formula is C17H19N3O4. The van der Waals surface area contributed by atoms with E-state index in [4.69, 9.17) is 9.47 Å². The molecule has 1 N–H and O–H groups in total. The van der Waals surface area contributed by atoms with E-state index < -0.39 is 6.10 Å². The number of para-hydroxylation sites is 2. The molecule has 1 amide bonds. The van der Waals surface area contributed by atoms with Crippen molar-refractivity contribution in [2.24, 2.45) is 7.05 Å². The lowest BCUT2D eigenvalue weighted by atomic mass is 10.0. The Morgan fingerprint density at radius 2 is 2.17 bits per heavy atom. The maximum Gasteiger partial charge on any atom is 0.267 e. The largest absolute Gasteiger partial charge is 0.485 e. The molecule has 1 aromatic heterocycles. The van der Waals surface area contributed by atoms with Crippen LogP contribution in [0.4, 0.5) is 0 Å². The van der Waals surface area contributed by atoms with Gasteiger partial charge in [-0.1, -0.05) is 12.1 Å². The first kappa shape index (κ1) is 15.0. The highest BCUT2D eigenvalue weighted by atomic mass is 16.6. The molecule has 1 atom stereocenters. The first-order valence-electron chi connectivity index (χ1n) is 7.99. The van der Waals surface area contributed by atoms with E-state index in [1.54, 1.807) is 15.6 Å². The molecule has 2 aliphatic heterocycles. The molecule has 1 unspecified atom stereocenters. The topological polar surface area (TPSA) is 76.8 Å². The molecule has 0 bridgehead atoms. The quantitative estimate of drug-likeness (QED) is 0.875. The standard InChI is InChI=1S/C17H19N3O4/c1-19-13-6-7-20(8-11(13)12(9-21)18-19)17(22)16-10-23-14-4-2-3-5-15(14)24-16/h2-5,16,21H,6-10H2,1H3. The zero-order valence-electron chi connectivity index (χ0n) is 13.4. The number of hydrogen-bond acceptors (Lipinski definition) is 5. The highest BCUT2D eigenvalue weighted by molar-refractivity contribution is 5.82. The van der Waals surface area contributed by atoms with Gasteiger partial charge in [0.1, 0.15) is 6.61 Å². The van der Waals surface area contributed by atoms with Crippen LogP contribution >= 0.6 is 0 Å². The average molecular weight is 329 g/mol. The van der Waals surface area contributed by atoms with Gasteiger partial charge in [0.2, 0.25) is 6.10 Å². The van der Waals surface area contributed by atoms with Crippen LogP contribution in [-0.2, 0) is 31.4 Å². The van der Waals surface area contributed by atoms with Gasteiger partial charge in [0.15, 0.2) is 11.5 Å². The Kier molecular flexibility index (Phi) is 3.65. The molecule has 0 aliphatic carbocycles. The Bertz CT molecular complexity index is 786. The molecule has 0 saturated heterocycles. The van der Waals surface area contributed by atoms with Gasteiger partial charge >= 0.3 is 0 Å². The number of fused-ring (bicyclic) bond motifs is 2. The number of benzene rings is 1. The van der Waals surface area contributed by atoms with Crippen molar-refractivity contribution in [2.75, 3.05) is 13.2 Å². The van der Waals surface area contributed by atoms with Crippen LogP contribution < -0.4 is 9.47 Å². The zero-order chi connectivity index (χ0) is 16.7. The highest BCUT2D eigenvalue weighted by Gasteiger charge is 2.34. The smallest absolute Gasteiger partial charge is 0.267 e. The molecule has 126 valence electrons. The van der Waals surface area contributed by atoms with Crippen molar-refractivity contribution in [3.05, 3.63) is 41.2 Å². The van der Waals surface area contributed by atoms with E-state index in [-0.39, 0.29) is 19.1 Å². The second-order valence-corrected chi connectivity index (χ2v) is 6.03. The Morgan fingerprint density at radius 3 is 2.96 bits per heavy atom. The van der Waals surface area contributed by atoms with Gasteiger partial charge in [0, 0.05) is 37.8 Å². The zero-order valence-corrected chi connectivity index (χ0v) is 13.4. The summed E-state index contributed by atoms with van der Waals surface area (Å²) in [6.45, 7) is 1.14. The molecule has 0 saturated carbocycles. The van der Waals surface area contributed by atoms with E-state index in [0.717, 1.165) is 17.7 Å². The summed E-state index contributed by atoms with van der Waals surface area (Å²) in [6, 6.07) is 7.35. The van der Waals surface area contributed by atoms with E-state index in [1.807, 2.05) is 25.2 Å². The molecule has 0 spiro atoms. The van der Waals surface area contributed by atoms with Gasteiger partial charge in [-0.2, -0.15) is 5.10 Å². The van der Waals surface area contributed by atoms with Crippen molar-refractivity contribution in [3.63, 3.8) is 0 Å². The minimum absolute atomic E-state index is 0.0945. The minimum atomic E-state index is -0.643. The number of amides is 1. The van der Waals surface area contributed by atoms with E-state index in [9.17, 15) is 9.90 Å². The van der Waals surface area contributed by atoms with Crippen LogP contribution in [0.5, 0.6) is 11.5 Å². The predicted octanol–water partition coefficient (Wildman–Crippen LogP) is 0.637. The third-order valence-electron chi connectivity index (χ3n) is 4.57. The van der Waals surface area contributed by atoms with Crippen molar-refractivity contribution in [1.82, 2.24) is 14.7 Å². The van der Waals surface area contributed by atoms with Crippen LogP contribution in [0.25, 0.3) is 0 Å². The maximum absolute atomic E-state index is 12.8. The third-order valence-corrected chi connectivity index (χ3v) is 4.57. The van der Waals surface area contributed by atoms with Crippen molar-refractivity contribution >= 4 is 5.91 Å². The number of aliphatic hydroxyl groups is 1. The first-order valence-corrected chi connectivity index (χ1v) is 7.99. The Hall–Kier alpha value is -2.54. The molecule has 7 heteroatoms. The summed E-state index contributed by atoms with van der Waals surface area (Å²) in [5, 5.41) is 13.8. The molecular weight excluding hydrogens is 310 g/mol. The van der Waals surface area contributed by atoms with E-state index in [2.05, 4.69) is 5.10 Å². The van der Waals surface area contributed by atoms with Crippen molar-refractivity contribution in [1.29, 1.82) is 0 Å². The van der Waals surface area contributed by atoms with Gasteiger partial charge in [-0.05, 0) is 12.1 Å². The van der Waals surface area contributed by atoms with Gasteiger partial charge in [0.25, 0.3) is 5.91 Å². The molecule has 0 fully saturated rings. The fourth-order valence-corrected chi connectivity index (χ4v) is 3.33. The number of aryl methyl sites for hydroxylation is 1. The van der Waals surface area contributed by atoms with Gasteiger partial charge in [0.05, 0.1) is 12.3 Å². The molecule has 2 aromatic rings. The second-order valence-electron chi connectivity index (χ2n) is 6.03. The minimum Gasteiger partial charge on any atom is -0.485 e. The number of rotatable bonds is 2. The van der Waals surface area contributed by atoms with Crippen molar-refractivity contribution in [3.8, 4) is 11.5 Å². The lowest BCUT2D eigenvalue weighted by Crippen LogP contribution is -2.48. The van der Waals surface area contributed by atoms with E-state index in [1.165, 1.54) is 0 Å². The summed E-state index contributed by atoms with van der Waals surface area (Å²) in [6.07, 6.45) is 0.0741. The van der Waals surface area contributed by atoms with Crippen LogP contribution in [-0.4, -0.2) is 44.9 Å². The first-order chi connectivity index (χ1) is 11.7. The molecule has 2 aliphatic rings. The number of aliphatic hydroxyl groups excluding tert-OH is 1. The lowest BCUT2D eigenvalue weighted by molar-refractivity contribution is -0.142. The summed E-state index contributed by atoms with van der Waals surface area (Å²) < 4.78 is 13.2. The molecule has 24 heavy (non-hydrogen) atoms. The van der Waals surface area contributed by atoms with Gasteiger partial charge in [-0.3, -0.25) is 9.48 Å². The van der Waals surface area contributed by atoms with Crippen molar-refractivity contribution < 1.29 is 19.4 Å². The van der Waals surface area contributed by atoms with Crippen LogP contribution in [0.2, 0.25) is 0 Å². The number of ether oxygens (including phenoxy) is 2. The molecule has 1 aromatic carbocycles. The van der Waals surface area contributed by atoms with Crippen molar-refractivity contribution in [2.45, 2.75) is 25.7 Å². The number of carbonyl (C=O) groups is 1. The fourth-order valence-electron chi connectivity index (χ4n) is 3.33. The Morgan fingerprint density at radius 1 is 1.38 bits per heavy atom. The average Bonchev–Trinajstić information content (AvgIpc) is 2.96. The van der Waals surface area contributed by atoms with Crippen LogP contribution in [0.1, 0.15) is 17.0 Å². The highest BCUT2D eigenvalue weighted by Crippen LogP contribution is 2.32. The second kappa shape index (κ2) is 5.83. The molecule has 0 radical (unpaired) electrons. The SMILES string of the molecule is Cn1nc(CO)c2c1CCN(C(=O)C1COc3ccccc3O1)C2. The van der Waals surface area contributed by atoms with Crippen LogP contribution in [0, 0.1) is 0 Å². The van der Waals surface area contributed by atoms with E-state index >= 15 is 0 Å². The number of nitrogens with zero attached hydrogens (tertiary/aromatic N) is 3. The molecule has 3 heterocycles. The maximum atomic E-state index is 12.8. The number of aromatic nitrogens is 2. The fraction of sp³-hybridized carbons (Fsp3) is 0.412. The third kappa shape index (κ3) is 2.41. The normalized spacial score (nSPS) is 19.1. The molecule has 7 nitrogen and oxygen atoms in total. The summed E-state index contributed by atoms with van der Waals surface area (Å²) in [5.74, 6) is 1.16. The predicted molar refractivity (Wildman–Crippen MR) is 84.6 cm³/mol.